The molecule has 2 aromatic carbocycles. The summed E-state index contributed by atoms with van der Waals surface area (Å²) < 4.78 is 18.0. The van der Waals surface area contributed by atoms with Crippen LogP contribution in [-0.2, 0) is 0 Å². The summed E-state index contributed by atoms with van der Waals surface area (Å²) in [7, 11) is 1.49. The molecule has 0 amide bonds. The van der Waals surface area contributed by atoms with E-state index in [9.17, 15) is 9.50 Å². The van der Waals surface area contributed by atoms with E-state index in [0.29, 0.717) is 10.9 Å². The first-order valence-electron chi connectivity index (χ1n) is 7.03. The molecular formula is C17H14FN3O2S. The molecule has 0 atom stereocenters. The van der Waals surface area contributed by atoms with Crippen molar-refractivity contribution >= 4 is 22.7 Å². The van der Waals surface area contributed by atoms with Crippen molar-refractivity contribution in [1.82, 2.24) is 4.98 Å². The van der Waals surface area contributed by atoms with Crippen molar-refractivity contribution in [2.24, 2.45) is 5.10 Å². The lowest BCUT2D eigenvalue weighted by atomic mass is 10.2. The molecule has 1 heterocycles. The number of methoxy groups -OCH3 is 1. The first-order valence-corrected chi connectivity index (χ1v) is 7.91. The van der Waals surface area contributed by atoms with E-state index in [1.807, 2.05) is 5.38 Å². The Balaban J connectivity index is 1.68. The number of hydrogen-bond donors (Lipinski definition) is 2. The van der Waals surface area contributed by atoms with E-state index in [2.05, 4.69) is 15.5 Å². The maximum Gasteiger partial charge on any atom is 0.203 e. The Labute approximate surface area is 142 Å². The summed E-state index contributed by atoms with van der Waals surface area (Å²) in [5, 5.41) is 16.2. The van der Waals surface area contributed by atoms with E-state index in [4.69, 9.17) is 4.74 Å². The Morgan fingerprint density at radius 1 is 1.25 bits per heavy atom. The van der Waals surface area contributed by atoms with Gasteiger partial charge in [-0.3, -0.25) is 5.43 Å². The fraction of sp³-hybridized carbons (Fsp3) is 0.0588. The number of ether oxygens (including phenoxy) is 1. The molecule has 0 aliphatic carbocycles. The maximum absolute atomic E-state index is 12.9. The number of benzene rings is 2. The van der Waals surface area contributed by atoms with Gasteiger partial charge in [-0.05, 0) is 48.0 Å². The monoisotopic (exact) mass is 343 g/mol. The van der Waals surface area contributed by atoms with Crippen molar-refractivity contribution < 1.29 is 14.2 Å². The van der Waals surface area contributed by atoms with Crippen LogP contribution in [-0.4, -0.2) is 23.4 Å². The average molecular weight is 343 g/mol. The van der Waals surface area contributed by atoms with Crippen LogP contribution in [0.4, 0.5) is 9.52 Å². The second-order valence-corrected chi connectivity index (χ2v) is 5.70. The summed E-state index contributed by atoms with van der Waals surface area (Å²) in [6, 6.07) is 11.1. The minimum absolute atomic E-state index is 0.0754. The van der Waals surface area contributed by atoms with Crippen LogP contribution >= 0.6 is 11.3 Å². The third-order valence-electron chi connectivity index (χ3n) is 3.22. The molecule has 0 saturated carbocycles. The Kier molecular flexibility index (Phi) is 4.72. The van der Waals surface area contributed by atoms with Crippen molar-refractivity contribution in [3.8, 4) is 22.8 Å². The lowest BCUT2D eigenvalue weighted by molar-refractivity contribution is 0.373. The maximum atomic E-state index is 12.9. The van der Waals surface area contributed by atoms with Gasteiger partial charge in [0.15, 0.2) is 11.5 Å². The summed E-state index contributed by atoms with van der Waals surface area (Å²) in [5.74, 6) is 0.180. The van der Waals surface area contributed by atoms with Gasteiger partial charge in [0.05, 0.1) is 19.0 Å². The van der Waals surface area contributed by atoms with Crippen molar-refractivity contribution in [2.45, 2.75) is 0 Å². The average Bonchev–Trinajstić information content (AvgIpc) is 3.06. The third-order valence-corrected chi connectivity index (χ3v) is 3.97. The van der Waals surface area contributed by atoms with Crippen LogP contribution in [0.5, 0.6) is 11.5 Å². The normalized spacial score (nSPS) is 10.9. The molecule has 3 aromatic rings. The topological polar surface area (TPSA) is 66.7 Å². The van der Waals surface area contributed by atoms with E-state index in [1.54, 1.807) is 30.5 Å². The molecule has 0 unspecified atom stereocenters. The fourth-order valence-corrected chi connectivity index (χ4v) is 2.68. The second kappa shape index (κ2) is 7.10. The number of rotatable bonds is 5. The van der Waals surface area contributed by atoms with Crippen molar-refractivity contribution in [1.29, 1.82) is 0 Å². The number of aromatic hydroxyl groups is 1. The van der Waals surface area contributed by atoms with E-state index >= 15 is 0 Å². The molecule has 5 nitrogen and oxygen atoms in total. The number of phenolic OH excluding ortho intramolecular Hbond substituents is 1. The lowest BCUT2D eigenvalue weighted by Crippen LogP contribution is -1.91. The molecule has 3 rings (SSSR count). The molecule has 0 bridgehead atoms. The van der Waals surface area contributed by atoms with Gasteiger partial charge in [0.25, 0.3) is 0 Å². The number of phenols is 1. The Bertz CT molecular complexity index is 863. The van der Waals surface area contributed by atoms with Gasteiger partial charge in [0.1, 0.15) is 5.82 Å². The van der Waals surface area contributed by atoms with Gasteiger partial charge in [0.2, 0.25) is 5.13 Å². The second-order valence-electron chi connectivity index (χ2n) is 4.85. The highest BCUT2D eigenvalue weighted by Crippen LogP contribution is 2.26. The smallest absolute Gasteiger partial charge is 0.203 e. The molecule has 122 valence electrons. The molecule has 24 heavy (non-hydrogen) atoms. The van der Waals surface area contributed by atoms with E-state index in [0.717, 1.165) is 16.8 Å². The zero-order valence-electron chi connectivity index (χ0n) is 12.7. The van der Waals surface area contributed by atoms with Gasteiger partial charge in [-0.15, -0.1) is 11.3 Å². The van der Waals surface area contributed by atoms with E-state index < -0.39 is 0 Å². The Morgan fingerprint density at radius 3 is 2.79 bits per heavy atom. The summed E-state index contributed by atoms with van der Waals surface area (Å²) in [5.41, 5.74) is 5.21. The molecular weight excluding hydrogens is 329 g/mol. The molecule has 2 N–H and O–H groups in total. The highest BCUT2D eigenvalue weighted by Gasteiger charge is 2.04. The largest absolute Gasteiger partial charge is 0.504 e. The molecule has 1 aromatic heterocycles. The first-order chi connectivity index (χ1) is 11.7. The quantitative estimate of drug-likeness (QED) is 0.540. The molecule has 0 spiro atoms. The van der Waals surface area contributed by atoms with Crippen molar-refractivity contribution in [3.63, 3.8) is 0 Å². The van der Waals surface area contributed by atoms with E-state index in [-0.39, 0.29) is 11.6 Å². The van der Waals surface area contributed by atoms with Crippen LogP contribution in [0.1, 0.15) is 5.56 Å². The number of nitrogens with zero attached hydrogens (tertiary/aromatic N) is 2. The first kappa shape index (κ1) is 15.9. The van der Waals surface area contributed by atoms with Gasteiger partial charge in [-0.2, -0.15) is 5.10 Å². The van der Waals surface area contributed by atoms with Crippen LogP contribution in [0.3, 0.4) is 0 Å². The van der Waals surface area contributed by atoms with Crippen LogP contribution in [0.15, 0.2) is 52.9 Å². The molecule has 0 fully saturated rings. The molecule has 0 aliphatic heterocycles. The lowest BCUT2D eigenvalue weighted by Gasteiger charge is -2.03. The van der Waals surface area contributed by atoms with Gasteiger partial charge >= 0.3 is 0 Å². The van der Waals surface area contributed by atoms with Gasteiger partial charge in [-0.25, -0.2) is 9.37 Å². The van der Waals surface area contributed by atoms with Crippen LogP contribution in [0.2, 0.25) is 0 Å². The highest BCUT2D eigenvalue weighted by molar-refractivity contribution is 7.14. The van der Waals surface area contributed by atoms with Crippen LogP contribution in [0, 0.1) is 5.82 Å². The standard InChI is InChI=1S/C17H14FN3O2S/c1-23-16-8-11(2-7-15(16)22)9-19-21-17-20-14(10-24-17)12-3-5-13(18)6-4-12/h2-10,22H,1H3,(H,20,21). The number of halogens is 1. The van der Waals surface area contributed by atoms with Gasteiger partial charge < -0.3 is 9.84 Å². The number of thiazole rings is 1. The highest BCUT2D eigenvalue weighted by atomic mass is 32.1. The van der Waals surface area contributed by atoms with Gasteiger partial charge in [-0.1, -0.05) is 0 Å². The molecule has 7 heteroatoms. The number of anilines is 1. The van der Waals surface area contributed by atoms with Crippen LogP contribution in [0.25, 0.3) is 11.3 Å². The zero-order valence-corrected chi connectivity index (χ0v) is 13.5. The Morgan fingerprint density at radius 2 is 2.04 bits per heavy atom. The van der Waals surface area contributed by atoms with E-state index in [1.165, 1.54) is 36.6 Å². The minimum Gasteiger partial charge on any atom is -0.504 e. The number of hydrazone groups is 1. The summed E-state index contributed by atoms with van der Waals surface area (Å²) in [4.78, 5) is 4.40. The van der Waals surface area contributed by atoms with Crippen LogP contribution < -0.4 is 10.2 Å². The predicted molar refractivity (Wildman–Crippen MR) is 93.4 cm³/mol. The number of hydrogen-bond acceptors (Lipinski definition) is 6. The molecule has 0 radical (unpaired) electrons. The SMILES string of the molecule is COc1cc(C=NNc2nc(-c3ccc(F)cc3)cs2)ccc1O. The number of nitrogens with one attached hydrogen (secondary N) is 1. The summed E-state index contributed by atoms with van der Waals surface area (Å²) >= 11 is 1.40. The Hall–Kier alpha value is -2.93. The summed E-state index contributed by atoms with van der Waals surface area (Å²) in [6.07, 6.45) is 1.60. The van der Waals surface area contributed by atoms with Crippen molar-refractivity contribution in [3.05, 3.63) is 59.2 Å². The fourth-order valence-electron chi connectivity index (χ4n) is 2.01. The predicted octanol–water partition coefficient (Wildman–Crippen LogP) is 4.11. The zero-order chi connectivity index (χ0) is 16.9. The molecule has 0 aliphatic rings. The number of aromatic nitrogens is 1. The minimum atomic E-state index is -0.277. The third kappa shape index (κ3) is 3.69. The van der Waals surface area contributed by atoms with Crippen molar-refractivity contribution in [2.75, 3.05) is 12.5 Å². The summed E-state index contributed by atoms with van der Waals surface area (Å²) in [6.45, 7) is 0. The molecule has 0 saturated heterocycles. The van der Waals surface area contributed by atoms with Gasteiger partial charge in [0, 0.05) is 10.9 Å².